The van der Waals surface area contributed by atoms with Crippen LogP contribution in [0.15, 0.2) is 22.7 Å². The number of hydrogen-bond acceptors (Lipinski definition) is 1. The van der Waals surface area contributed by atoms with Crippen LogP contribution >= 0.6 is 27.7 Å². The molecule has 94 valence electrons. The molecule has 1 aliphatic carbocycles. The molecule has 0 heterocycles. The van der Waals surface area contributed by atoms with Crippen LogP contribution in [0.3, 0.4) is 0 Å². The van der Waals surface area contributed by atoms with Crippen LogP contribution in [-0.4, -0.2) is 5.25 Å². The molecule has 1 fully saturated rings. The average Bonchev–Trinajstić information content (AvgIpc) is 2.31. The molecule has 1 aromatic rings. The monoisotopic (exact) mass is 316 g/mol. The van der Waals surface area contributed by atoms with Crippen molar-refractivity contribution in [1.82, 2.24) is 0 Å². The predicted molar refractivity (Wildman–Crippen MR) is 76.8 cm³/mol. The van der Waals surface area contributed by atoms with E-state index in [1.165, 1.54) is 31.7 Å². The van der Waals surface area contributed by atoms with Crippen LogP contribution in [0.1, 0.15) is 38.2 Å². The number of benzene rings is 1. The lowest BCUT2D eigenvalue weighted by atomic mass is 9.91. The molecule has 0 aliphatic heterocycles. The Morgan fingerprint density at radius 2 is 2.24 bits per heavy atom. The van der Waals surface area contributed by atoms with E-state index in [1.54, 1.807) is 6.07 Å². The molecule has 0 amide bonds. The van der Waals surface area contributed by atoms with Crippen molar-refractivity contribution >= 4 is 27.7 Å². The van der Waals surface area contributed by atoms with Crippen molar-refractivity contribution in [2.24, 2.45) is 5.92 Å². The summed E-state index contributed by atoms with van der Waals surface area (Å²) in [5.74, 6) is 1.62. The molecule has 0 bridgehead atoms. The van der Waals surface area contributed by atoms with Gasteiger partial charge in [-0.2, -0.15) is 11.8 Å². The minimum atomic E-state index is -0.153. The third-order valence-electron chi connectivity index (χ3n) is 3.39. The largest absolute Gasteiger partial charge is 0.206 e. The lowest BCUT2D eigenvalue weighted by Gasteiger charge is -2.26. The number of thioether (sulfide) groups is 1. The Balaban J connectivity index is 1.91. The predicted octanol–water partition coefficient (Wildman–Crippen LogP) is 5.40. The summed E-state index contributed by atoms with van der Waals surface area (Å²) in [6.07, 6.45) is 5.36. The first kappa shape index (κ1) is 13.4. The van der Waals surface area contributed by atoms with E-state index in [2.05, 4.69) is 22.9 Å². The molecule has 2 rings (SSSR count). The van der Waals surface area contributed by atoms with Crippen LogP contribution < -0.4 is 0 Å². The summed E-state index contributed by atoms with van der Waals surface area (Å²) in [5.41, 5.74) is 1.08. The normalized spacial score (nSPS) is 24.9. The van der Waals surface area contributed by atoms with Gasteiger partial charge in [0.15, 0.2) is 0 Å². The van der Waals surface area contributed by atoms with Crippen LogP contribution in [0.2, 0.25) is 0 Å². The minimum Gasteiger partial charge on any atom is -0.206 e. The smallest absolute Gasteiger partial charge is 0.137 e. The van der Waals surface area contributed by atoms with E-state index in [4.69, 9.17) is 0 Å². The number of rotatable bonds is 3. The van der Waals surface area contributed by atoms with Crippen LogP contribution in [0.5, 0.6) is 0 Å². The molecule has 0 spiro atoms. The Bertz CT molecular complexity index is 380. The van der Waals surface area contributed by atoms with Gasteiger partial charge in [0.05, 0.1) is 4.47 Å². The minimum absolute atomic E-state index is 0.153. The second-order valence-corrected chi connectivity index (χ2v) is 7.00. The molecule has 17 heavy (non-hydrogen) atoms. The highest BCUT2D eigenvalue weighted by molar-refractivity contribution is 9.10. The van der Waals surface area contributed by atoms with E-state index in [9.17, 15) is 4.39 Å². The van der Waals surface area contributed by atoms with E-state index in [1.807, 2.05) is 17.8 Å². The highest BCUT2D eigenvalue weighted by Crippen LogP contribution is 2.35. The van der Waals surface area contributed by atoms with Gasteiger partial charge in [-0.25, -0.2) is 4.39 Å². The highest BCUT2D eigenvalue weighted by Gasteiger charge is 2.19. The second-order valence-electron chi connectivity index (χ2n) is 4.92. The SMILES string of the molecule is CC1CCCC(SCc2cccc(F)c2Br)C1. The van der Waals surface area contributed by atoms with E-state index in [0.717, 1.165) is 22.5 Å². The molecule has 1 aromatic carbocycles. The lowest BCUT2D eigenvalue weighted by molar-refractivity contribution is 0.394. The fourth-order valence-electron chi connectivity index (χ4n) is 2.40. The third kappa shape index (κ3) is 3.72. The molecule has 1 aliphatic rings. The van der Waals surface area contributed by atoms with Crippen LogP contribution in [-0.2, 0) is 5.75 Å². The van der Waals surface area contributed by atoms with Gasteiger partial charge in [0, 0.05) is 11.0 Å². The Hall–Kier alpha value is -0.0200. The molecule has 0 radical (unpaired) electrons. The first-order valence-electron chi connectivity index (χ1n) is 6.21. The summed E-state index contributed by atoms with van der Waals surface area (Å²) < 4.78 is 14.0. The summed E-state index contributed by atoms with van der Waals surface area (Å²) in [6, 6.07) is 5.30. The third-order valence-corrected chi connectivity index (χ3v) is 5.66. The van der Waals surface area contributed by atoms with Crippen molar-refractivity contribution in [3.05, 3.63) is 34.1 Å². The Morgan fingerprint density at radius 3 is 3.00 bits per heavy atom. The molecular formula is C14H18BrFS. The van der Waals surface area contributed by atoms with Gasteiger partial charge in [-0.3, -0.25) is 0 Å². The van der Waals surface area contributed by atoms with Crippen molar-refractivity contribution in [3.8, 4) is 0 Å². The number of halogens is 2. The van der Waals surface area contributed by atoms with E-state index < -0.39 is 0 Å². The van der Waals surface area contributed by atoms with E-state index in [-0.39, 0.29) is 5.82 Å². The fourth-order valence-corrected chi connectivity index (χ4v) is 4.44. The quantitative estimate of drug-likeness (QED) is 0.719. The van der Waals surface area contributed by atoms with Gasteiger partial charge in [0.2, 0.25) is 0 Å². The topological polar surface area (TPSA) is 0 Å². The van der Waals surface area contributed by atoms with Crippen LogP contribution in [0.25, 0.3) is 0 Å². The summed E-state index contributed by atoms with van der Waals surface area (Å²) in [5, 5.41) is 0.758. The van der Waals surface area contributed by atoms with Crippen molar-refractivity contribution in [2.45, 2.75) is 43.6 Å². The van der Waals surface area contributed by atoms with Crippen molar-refractivity contribution in [3.63, 3.8) is 0 Å². The maximum Gasteiger partial charge on any atom is 0.137 e. The molecule has 1 saturated carbocycles. The van der Waals surface area contributed by atoms with Gasteiger partial charge in [0.25, 0.3) is 0 Å². The highest BCUT2D eigenvalue weighted by atomic mass is 79.9. The molecule has 0 N–H and O–H groups in total. The zero-order chi connectivity index (χ0) is 12.3. The number of hydrogen-bond donors (Lipinski definition) is 0. The average molecular weight is 317 g/mol. The van der Waals surface area contributed by atoms with Crippen molar-refractivity contribution < 1.29 is 4.39 Å². The van der Waals surface area contributed by atoms with Gasteiger partial charge < -0.3 is 0 Å². The summed E-state index contributed by atoms with van der Waals surface area (Å²) in [4.78, 5) is 0. The lowest BCUT2D eigenvalue weighted by Crippen LogP contribution is -2.15. The van der Waals surface area contributed by atoms with Crippen molar-refractivity contribution in [1.29, 1.82) is 0 Å². The molecule has 0 saturated heterocycles. The Morgan fingerprint density at radius 1 is 1.41 bits per heavy atom. The van der Waals surface area contributed by atoms with Gasteiger partial charge in [0.1, 0.15) is 5.82 Å². The molecule has 2 unspecified atom stereocenters. The zero-order valence-electron chi connectivity index (χ0n) is 10.1. The molecule has 2 atom stereocenters. The fraction of sp³-hybridized carbons (Fsp3) is 0.571. The zero-order valence-corrected chi connectivity index (χ0v) is 12.5. The van der Waals surface area contributed by atoms with Crippen molar-refractivity contribution in [2.75, 3.05) is 0 Å². The van der Waals surface area contributed by atoms with Crippen LogP contribution in [0, 0.1) is 11.7 Å². The molecule has 3 heteroatoms. The van der Waals surface area contributed by atoms with Crippen LogP contribution in [0.4, 0.5) is 4.39 Å². The first-order chi connectivity index (χ1) is 8.16. The Kier molecular flexibility index (Phi) is 4.92. The maximum atomic E-state index is 13.4. The summed E-state index contributed by atoms with van der Waals surface area (Å²) in [7, 11) is 0. The molecular weight excluding hydrogens is 299 g/mol. The first-order valence-corrected chi connectivity index (χ1v) is 8.05. The van der Waals surface area contributed by atoms with Gasteiger partial charge in [-0.1, -0.05) is 31.9 Å². The summed E-state index contributed by atoms with van der Waals surface area (Å²) in [6.45, 7) is 2.34. The molecule has 0 nitrogen and oxygen atoms in total. The van der Waals surface area contributed by atoms with Gasteiger partial charge in [-0.05, 0) is 46.3 Å². The molecule has 0 aromatic heterocycles. The Labute approximate surface area is 116 Å². The standard InChI is InChI=1S/C14H18BrFS/c1-10-4-2-6-12(8-10)17-9-11-5-3-7-13(16)14(11)15/h3,5,7,10,12H,2,4,6,8-9H2,1H3. The van der Waals surface area contributed by atoms with E-state index in [0.29, 0.717) is 4.47 Å². The summed E-state index contributed by atoms with van der Waals surface area (Å²) >= 11 is 5.31. The van der Waals surface area contributed by atoms with Gasteiger partial charge in [-0.15, -0.1) is 0 Å². The second kappa shape index (κ2) is 6.24. The maximum absolute atomic E-state index is 13.4. The van der Waals surface area contributed by atoms with E-state index >= 15 is 0 Å². The van der Waals surface area contributed by atoms with Gasteiger partial charge >= 0.3 is 0 Å².